The van der Waals surface area contributed by atoms with Crippen LogP contribution in [0, 0.1) is 0 Å². The first-order valence-electron chi connectivity index (χ1n) is 6.53. The van der Waals surface area contributed by atoms with Gasteiger partial charge in [-0.15, -0.1) is 0 Å². The molecule has 1 rings (SSSR count). The summed E-state index contributed by atoms with van der Waals surface area (Å²) in [7, 11) is 0. The lowest BCUT2D eigenvalue weighted by Gasteiger charge is -2.26. The third kappa shape index (κ3) is 4.91. The van der Waals surface area contributed by atoms with Crippen molar-refractivity contribution in [3.63, 3.8) is 0 Å². The standard InChI is InChI=1S/C12H23N3O3/c1-2-6-15(9-11(13)14-17)12(16)8-10-5-3-4-7-18-10/h10,17H,2-9H2,1H3,(H2,13,14). The Morgan fingerprint density at radius 3 is 2.89 bits per heavy atom. The Morgan fingerprint density at radius 1 is 1.56 bits per heavy atom. The molecular formula is C12H23N3O3. The minimum absolute atomic E-state index is 0.00958. The lowest BCUT2D eigenvalue weighted by molar-refractivity contribution is -0.134. The summed E-state index contributed by atoms with van der Waals surface area (Å²) in [5.74, 6) is 0.0664. The first-order valence-corrected chi connectivity index (χ1v) is 6.53. The first-order chi connectivity index (χ1) is 8.67. The molecule has 0 aromatic heterocycles. The van der Waals surface area contributed by atoms with Crippen LogP contribution < -0.4 is 5.73 Å². The van der Waals surface area contributed by atoms with E-state index in [1.54, 1.807) is 4.90 Å². The predicted octanol–water partition coefficient (Wildman–Crippen LogP) is 0.931. The second-order valence-corrected chi connectivity index (χ2v) is 4.60. The molecule has 0 spiro atoms. The van der Waals surface area contributed by atoms with Crippen molar-refractivity contribution < 1.29 is 14.7 Å². The Bertz CT molecular complexity index is 288. The Hall–Kier alpha value is -1.30. The number of oxime groups is 1. The molecule has 0 radical (unpaired) electrons. The molecule has 0 bridgehead atoms. The van der Waals surface area contributed by atoms with Crippen LogP contribution in [0.1, 0.15) is 39.0 Å². The maximum Gasteiger partial charge on any atom is 0.225 e. The second kappa shape index (κ2) is 7.92. The van der Waals surface area contributed by atoms with E-state index in [1.807, 2.05) is 6.92 Å². The minimum atomic E-state index is 0.00958. The highest BCUT2D eigenvalue weighted by molar-refractivity contribution is 5.87. The van der Waals surface area contributed by atoms with Crippen LogP contribution in [0.3, 0.4) is 0 Å². The van der Waals surface area contributed by atoms with Gasteiger partial charge in [0.2, 0.25) is 5.91 Å². The van der Waals surface area contributed by atoms with E-state index in [0.29, 0.717) is 13.0 Å². The van der Waals surface area contributed by atoms with Crippen molar-refractivity contribution in [3.05, 3.63) is 0 Å². The van der Waals surface area contributed by atoms with Crippen LogP contribution >= 0.6 is 0 Å². The molecule has 1 fully saturated rings. The van der Waals surface area contributed by atoms with Crippen LogP contribution in [0.25, 0.3) is 0 Å². The molecular weight excluding hydrogens is 234 g/mol. The molecule has 0 aromatic rings. The van der Waals surface area contributed by atoms with Crippen molar-refractivity contribution in [3.8, 4) is 0 Å². The number of nitrogens with zero attached hydrogens (tertiary/aromatic N) is 2. The summed E-state index contributed by atoms with van der Waals surface area (Å²) >= 11 is 0. The van der Waals surface area contributed by atoms with Crippen LogP contribution in [-0.4, -0.2) is 47.7 Å². The number of carbonyl (C=O) groups excluding carboxylic acids is 1. The van der Waals surface area contributed by atoms with Gasteiger partial charge in [-0.25, -0.2) is 0 Å². The zero-order valence-electron chi connectivity index (χ0n) is 11.0. The van der Waals surface area contributed by atoms with Crippen molar-refractivity contribution in [2.24, 2.45) is 10.9 Å². The van der Waals surface area contributed by atoms with E-state index < -0.39 is 0 Å². The number of amidine groups is 1. The van der Waals surface area contributed by atoms with E-state index in [1.165, 1.54) is 0 Å². The number of hydrogen-bond donors (Lipinski definition) is 2. The van der Waals surface area contributed by atoms with Crippen molar-refractivity contribution >= 4 is 11.7 Å². The van der Waals surface area contributed by atoms with Gasteiger partial charge in [-0.1, -0.05) is 12.1 Å². The van der Waals surface area contributed by atoms with Gasteiger partial charge in [0.1, 0.15) is 0 Å². The summed E-state index contributed by atoms with van der Waals surface area (Å²) in [6.07, 6.45) is 4.39. The van der Waals surface area contributed by atoms with Gasteiger partial charge >= 0.3 is 0 Å². The number of rotatable bonds is 6. The molecule has 1 heterocycles. The summed E-state index contributed by atoms with van der Waals surface area (Å²) in [5, 5.41) is 11.5. The molecule has 6 nitrogen and oxygen atoms in total. The van der Waals surface area contributed by atoms with Gasteiger partial charge in [-0.3, -0.25) is 4.79 Å². The van der Waals surface area contributed by atoms with E-state index in [2.05, 4.69) is 5.16 Å². The molecule has 1 aliphatic heterocycles. The van der Waals surface area contributed by atoms with E-state index in [0.717, 1.165) is 32.3 Å². The molecule has 3 N–H and O–H groups in total. The summed E-state index contributed by atoms with van der Waals surface area (Å²) in [5.41, 5.74) is 5.45. The predicted molar refractivity (Wildman–Crippen MR) is 68.5 cm³/mol. The fourth-order valence-corrected chi connectivity index (χ4v) is 2.08. The summed E-state index contributed by atoms with van der Waals surface area (Å²) in [6, 6.07) is 0. The SMILES string of the molecule is CCCN(CC(N)=NO)C(=O)CC1CCCCO1. The summed E-state index contributed by atoms with van der Waals surface area (Å²) < 4.78 is 5.55. The van der Waals surface area contributed by atoms with Crippen molar-refractivity contribution in [1.29, 1.82) is 0 Å². The average Bonchev–Trinajstić information content (AvgIpc) is 2.39. The summed E-state index contributed by atoms with van der Waals surface area (Å²) in [6.45, 7) is 3.52. The van der Waals surface area contributed by atoms with Gasteiger partial charge in [0.25, 0.3) is 0 Å². The van der Waals surface area contributed by atoms with Crippen molar-refractivity contribution in [1.82, 2.24) is 4.90 Å². The zero-order valence-corrected chi connectivity index (χ0v) is 11.0. The zero-order chi connectivity index (χ0) is 13.4. The highest BCUT2D eigenvalue weighted by Crippen LogP contribution is 2.16. The van der Waals surface area contributed by atoms with Crippen LogP contribution in [0.2, 0.25) is 0 Å². The molecule has 104 valence electrons. The molecule has 0 saturated carbocycles. The number of carbonyl (C=O) groups is 1. The molecule has 1 saturated heterocycles. The molecule has 18 heavy (non-hydrogen) atoms. The van der Waals surface area contributed by atoms with Gasteiger partial charge in [-0.2, -0.15) is 0 Å². The van der Waals surface area contributed by atoms with E-state index in [-0.39, 0.29) is 24.4 Å². The normalized spacial score (nSPS) is 20.7. The van der Waals surface area contributed by atoms with Crippen LogP contribution in [0.15, 0.2) is 5.16 Å². The molecule has 1 unspecified atom stereocenters. The summed E-state index contributed by atoms with van der Waals surface area (Å²) in [4.78, 5) is 13.7. The van der Waals surface area contributed by atoms with Gasteiger partial charge in [-0.05, 0) is 25.7 Å². The molecule has 1 aliphatic rings. The quantitative estimate of drug-likeness (QED) is 0.321. The van der Waals surface area contributed by atoms with Crippen LogP contribution in [0.4, 0.5) is 0 Å². The molecule has 1 amide bonds. The highest BCUT2D eigenvalue weighted by atomic mass is 16.5. The molecule has 6 heteroatoms. The van der Waals surface area contributed by atoms with Gasteiger partial charge < -0.3 is 20.6 Å². The molecule has 1 atom stereocenters. The number of ether oxygens (including phenoxy) is 1. The van der Waals surface area contributed by atoms with E-state index in [4.69, 9.17) is 15.7 Å². The highest BCUT2D eigenvalue weighted by Gasteiger charge is 2.21. The largest absolute Gasteiger partial charge is 0.409 e. The van der Waals surface area contributed by atoms with Gasteiger partial charge in [0.15, 0.2) is 5.84 Å². The van der Waals surface area contributed by atoms with Crippen LogP contribution in [0.5, 0.6) is 0 Å². The molecule has 0 aromatic carbocycles. The number of amides is 1. The Labute approximate surface area is 108 Å². The third-order valence-electron chi connectivity index (χ3n) is 3.00. The Kier molecular flexibility index (Phi) is 6.49. The number of hydrogen-bond acceptors (Lipinski definition) is 4. The van der Waals surface area contributed by atoms with Crippen LogP contribution in [-0.2, 0) is 9.53 Å². The number of nitrogens with two attached hydrogens (primary N) is 1. The van der Waals surface area contributed by atoms with E-state index >= 15 is 0 Å². The van der Waals surface area contributed by atoms with Gasteiger partial charge in [0, 0.05) is 13.2 Å². The second-order valence-electron chi connectivity index (χ2n) is 4.60. The maximum absolute atomic E-state index is 12.1. The molecule has 0 aliphatic carbocycles. The minimum Gasteiger partial charge on any atom is -0.409 e. The van der Waals surface area contributed by atoms with E-state index in [9.17, 15) is 4.79 Å². The third-order valence-corrected chi connectivity index (χ3v) is 3.00. The Balaban J connectivity index is 2.47. The monoisotopic (exact) mass is 257 g/mol. The van der Waals surface area contributed by atoms with Gasteiger partial charge in [0.05, 0.1) is 19.1 Å². The van der Waals surface area contributed by atoms with Crippen molar-refractivity contribution in [2.45, 2.75) is 45.1 Å². The average molecular weight is 257 g/mol. The van der Waals surface area contributed by atoms with Crippen molar-refractivity contribution in [2.75, 3.05) is 19.7 Å². The fourth-order valence-electron chi connectivity index (χ4n) is 2.08. The smallest absolute Gasteiger partial charge is 0.225 e. The fraction of sp³-hybridized carbons (Fsp3) is 0.833. The lowest BCUT2D eigenvalue weighted by Crippen LogP contribution is -2.41. The first kappa shape index (κ1) is 14.8. The maximum atomic E-state index is 12.1. The Morgan fingerprint density at radius 2 is 2.33 bits per heavy atom. The topological polar surface area (TPSA) is 88.1 Å². The lowest BCUT2D eigenvalue weighted by atomic mass is 10.1.